The lowest BCUT2D eigenvalue weighted by Crippen LogP contribution is -1.95. The minimum absolute atomic E-state index is 0.209. The van der Waals surface area contributed by atoms with Gasteiger partial charge >= 0.3 is 0 Å². The summed E-state index contributed by atoms with van der Waals surface area (Å²) in [5.41, 5.74) is 3.54. The predicted octanol–water partition coefficient (Wildman–Crippen LogP) is 4.34. The molecule has 0 spiro atoms. The molecule has 0 saturated carbocycles. The van der Waals surface area contributed by atoms with Gasteiger partial charge in [-0.05, 0) is 36.8 Å². The molecule has 0 aliphatic rings. The van der Waals surface area contributed by atoms with Crippen LogP contribution in [-0.2, 0) is 6.61 Å². The molecule has 0 saturated heterocycles. The Balaban J connectivity index is 1.79. The van der Waals surface area contributed by atoms with E-state index in [1.54, 1.807) is 19.1 Å². The van der Waals surface area contributed by atoms with Gasteiger partial charge in [-0.15, -0.1) is 0 Å². The smallest absolute Gasteiger partial charge is 0.136 e. The van der Waals surface area contributed by atoms with Gasteiger partial charge in [0.1, 0.15) is 18.1 Å². The SMILES string of the molecule is Cc1nc(-c2cccc(OCc3ccccc3)c2)ccc1O. The maximum atomic E-state index is 9.57. The van der Waals surface area contributed by atoms with Crippen LogP contribution in [0.3, 0.4) is 0 Å². The highest BCUT2D eigenvalue weighted by Crippen LogP contribution is 2.25. The summed E-state index contributed by atoms with van der Waals surface area (Å²) in [4.78, 5) is 4.40. The number of aromatic nitrogens is 1. The Morgan fingerprint density at radius 1 is 0.955 bits per heavy atom. The Kier molecular flexibility index (Phi) is 4.05. The van der Waals surface area contributed by atoms with Crippen LogP contribution in [0.4, 0.5) is 0 Å². The molecule has 0 atom stereocenters. The maximum absolute atomic E-state index is 9.57. The molecular weight excluding hydrogens is 274 g/mol. The Hall–Kier alpha value is -2.81. The van der Waals surface area contributed by atoms with Crippen molar-refractivity contribution in [3.8, 4) is 22.8 Å². The topological polar surface area (TPSA) is 42.4 Å². The number of pyridine rings is 1. The molecule has 3 aromatic rings. The molecule has 0 fully saturated rings. The normalized spacial score (nSPS) is 10.4. The number of benzene rings is 2. The van der Waals surface area contributed by atoms with Gasteiger partial charge in [0.05, 0.1) is 11.4 Å². The summed E-state index contributed by atoms with van der Waals surface area (Å²) in [5.74, 6) is 1.01. The van der Waals surface area contributed by atoms with Gasteiger partial charge in [0.2, 0.25) is 0 Å². The van der Waals surface area contributed by atoms with Crippen molar-refractivity contribution in [3.63, 3.8) is 0 Å². The first-order valence-corrected chi connectivity index (χ1v) is 7.16. The average Bonchev–Trinajstić information content (AvgIpc) is 2.57. The Bertz CT molecular complexity index is 769. The third kappa shape index (κ3) is 3.26. The van der Waals surface area contributed by atoms with Crippen LogP contribution in [0.5, 0.6) is 11.5 Å². The lowest BCUT2D eigenvalue weighted by Gasteiger charge is -2.09. The van der Waals surface area contributed by atoms with E-state index in [0.717, 1.165) is 22.6 Å². The molecule has 22 heavy (non-hydrogen) atoms. The van der Waals surface area contributed by atoms with Gasteiger partial charge in [-0.1, -0.05) is 42.5 Å². The van der Waals surface area contributed by atoms with Crippen LogP contribution >= 0.6 is 0 Å². The van der Waals surface area contributed by atoms with E-state index in [2.05, 4.69) is 4.98 Å². The lowest BCUT2D eigenvalue weighted by atomic mass is 10.1. The van der Waals surface area contributed by atoms with Crippen molar-refractivity contribution in [2.45, 2.75) is 13.5 Å². The minimum Gasteiger partial charge on any atom is -0.506 e. The van der Waals surface area contributed by atoms with Crippen LogP contribution in [-0.4, -0.2) is 10.1 Å². The molecule has 0 bridgehead atoms. The Morgan fingerprint density at radius 2 is 1.77 bits per heavy atom. The van der Waals surface area contributed by atoms with Crippen LogP contribution in [0.1, 0.15) is 11.3 Å². The summed E-state index contributed by atoms with van der Waals surface area (Å²) in [6, 6.07) is 21.3. The molecule has 0 aliphatic heterocycles. The second-order valence-electron chi connectivity index (χ2n) is 5.10. The summed E-state index contributed by atoms with van der Waals surface area (Å²) in [7, 11) is 0. The lowest BCUT2D eigenvalue weighted by molar-refractivity contribution is 0.306. The summed E-state index contributed by atoms with van der Waals surface area (Å²) < 4.78 is 5.83. The molecule has 0 amide bonds. The highest BCUT2D eigenvalue weighted by molar-refractivity contribution is 5.62. The zero-order chi connectivity index (χ0) is 15.4. The molecule has 0 unspecified atom stereocenters. The van der Waals surface area contributed by atoms with E-state index in [1.807, 2.05) is 54.6 Å². The zero-order valence-corrected chi connectivity index (χ0v) is 12.4. The molecule has 0 aliphatic carbocycles. The van der Waals surface area contributed by atoms with E-state index in [4.69, 9.17) is 4.74 Å². The number of hydrogen-bond acceptors (Lipinski definition) is 3. The first-order chi connectivity index (χ1) is 10.7. The Labute approximate surface area is 129 Å². The van der Waals surface area contributed by atoms with Gasteiger partial charge in [0, 0.05) is 5.56 Å². The standard InChI is InChI=1S/C19H17NO2/c1-14-19(21)11-10-18(20-14)16-8-5-9-17(12-16)22-13-15-6-3-2-4-7-15/h2-12,21H,13H2,1H3. The van der Waals surface area contributed by atoms with E-state index >= 15 is 0 Å². The summed E-state index contributed by atoms with van der Waals surface area (Å²) in [6.07, 6.45) is 0. The fraction of sp³-hybridized carbons (Fsp3) is 0.105. The molecule has 1 N–H and O–H groups in total. The number of hydrogen-bond donors (Lipinski definition) is 1. The quantitative estimate of drug-likeness (QED) is 0.777. The van der Waals surface area contributed by atoms with Gasteiger partial charge in [-0.3, -0.25) is 0 Å². The van der Waals surface area contributed by atoms with Crippen molar-refractivity contribution in [2.75, 3.05) is 0 Å². The van der Waals surface area contributed by atoms with E-state index < -0.39 is 0 Å². The Morgan fingerprint density at radius 3 is 2.55 bits per heavy atom. The van der Waals surface area contributed by atoms with E-state index in [9.17, 15) is 5.11 Å². The van der Waals surface area contributed by atoms with Gasteiger partial charge in [0.15, 0.2) is 0 Å². The van der Waals surface area contributed by atoms with Gasteiger partial charge in [-0.2, -0.15) is 0 Å². The highest BCUT2D eigenvalue weighted by atomic mass is 16.5. The molecule has 3 heteroatoms. The highest BCUT2D eigenvalue weighted by Gasteiger charge is 2.04. The predicted molar refractivity (Wildman–Crippen MR) is 86.8 cm³/mol. The summed E-state index contributed by atoms with van der Waals surface area (Å²) >= 11 is 0. The number of ether oxygens (including phenoxy) is 1. The van der Waals surface area contributed by atoms with Crippen molar-refractivity contribution < 1.29 is 9.84 Å². The van der Waals surface area contributed by atoms with E-state index in [0.29, 0.717) is 12.3 Å². The van der Waals surface area contributed by atoms with Crippen molar-refractivity contribution in [2.24, 2.45) is 0 Å². The van der Waals surface area contributed by atoms with E-state index in [-0.39, 0.29) is 5.75 Å². The van der Waals surface area contributed by atoms with Gasteiger partial charge < -0.3 is 9.84 Å². The van der Waals surface area contributed by atoms with Crippen LogP contribution in [0.15, 0.2) is 66.7 Å². The largest absolute Gasteiger partial charge is 0.506 e. The third-order valence-corrected chi connectivity index (χ3v) is 3.44. The van der Waals surface area contributed by atoms with Crippen LogP contribution in [0.25, 0.3) is 11.3 Å². The molecule has 1 aromatic heterocycles. The van der Waals surface area contributed by atoms with Crippen LogP contribution < -0.4 is 4.74 Å². The third-order valence-electron chi connectivity index (χ3n) is 3.44. The van der Waals surface area contributed by atoms with Crippen molar-refractivity contribution in [1.82, 2.24) is 4.98 Å². The second kappa shape index (κ2) is 6.31. The molecule has 2 aromatic carbocycles. The number of rotatable bonds is 4. The first-order valence-electron chi connectivity index (χ1n) is 7.16. The van der Waals surface area contributed by atoms with Crippen LogP contribution in [0, 0.1) is 6.92 Å². The number of aromatic hydroxyl groups is 1. The maximum Gasteiger partial charge on any atom is 0.136 e. The molecule has 3 rings (SSSR count). The fourth-order valence-corrected chi connectivity index (χ4v) is 2.20. The summed E-state index contributed by atoms with van der Waals surface area (Å²) in [5, 5.41) is 9.57. The summed E-state index contributed by atoms with van der Waals surface area (Å²) in [6.45, 7) is 2.32. The molecule has 0 radical (unpaired) electrons. The van der Waals surface area contributed by atoms with Crippen molar-refractivity contribution in [1.29, 1.82) is 0 Å². The number of aryl methyl sites for hydroxylation is 1. The van der Waals surface area contributed by atoms with Gasteiger partial charge in [-0.25, -0.2) is 4.98 Å². The van der Waals surface area contributed by atoms with Crippen molar-refractivity contribution >= 4 is 0 Å². The van der Waals surface area contributed by atoms with Gasteiger partial charge in [0.25, 0.3) is 0 Å². The fourth-order valence-electron chi connectivity index (χ4n) is 2.20. The molecule has 110 valence electrons. The average molecular weight is 291 g/mol. The number of nitrogens with zero attached hydrogens (tertiary/aromatic N) is 1. The molecule has 1 heterocycles. The van der Waals surface area contributed by atoms with Crippen molar-refractivity contribution in [3.05, 3.63) is 78.0 Å². The monoisotopic (exact) mass is 291 g/mol. The molecular formula is C19H17NO2. The zero-order valence-electron chi connectivity index (χ0n) is 12.4. The van der Waals surface area contributed by atoms with E-state index in [1.165, 1.54) is 0 Å². The van der Waals surface area contributed by atoms with Crippen LogP contribution in [0.2, 0.25) is 0 Å². The minimum atomic E-state index is 0.209. The molecule has 3 nitrogen and oxygen atoms in total. The second-order valence-corrected chi connectivity index (χ2v) is 5.10. The first kappa shape index (κ1) is 14.1.